The Bertz CT molecular complexity index is 1460. The third-order valence-electron chi connectivity index (χ3n) is 5.64. The number of nitrogens with one attached hydrogen (secondary N) is 1. The van der Waals surface area contributed by atoms with Crippen molar-refractivity contribution in [2.75, 3.05) is 0 Å². The molecule has 4 rings (SSSR count). The Balaban J connectivity index is 1.72. The molecule has 0 spiro atoms. The summed E-state index contributed by atoms with van der Waals surface area (Å²) in [4.78, 5) is 39.1. The molecule has 0 saturated heterocycles. The van der Waals surface area contributed by atoms with Gasteiger partial charge in [0.05, 0.1) is 24.0 Å². The van der Waals surface area contributed by atoms with E-state index in [1.165, 1.54) is 4.57 Å². The number of carbonyl (C=O) groups is 1. The molecule has 1 heterocycles. The topological polar surface area (TPSA) is 73.1 Å². The lowest BCUT2D eigenvalue weighted by Crippen LogP contribution is -2.41. The Labute approximate surface area is 198 Å². The lowest BCUT2D eigenvalue weighted by atomic mass is 10.1. The number of hydrogen-bond donors (Lipinski definition) is 1. The summed E-state index contributed by atoms with van der Waals surface area (Å²) in [5, 5.41) is 3.43. The van der Waals surface area contributed by atoms with E-state index in [0.29, 0.717) is 23.0 Å². The van der Waals surface area contributed by atoms with Crippen LogP contribution >= 0.6 is 0 Å². The van der Waals surface area contributed by atoms with Crippen LogP contribution in [0.5, 0.6) is 0 Å². The Hall–Kier alpha value is -3.93. The Morgan fingerprint density at radius 1 is 0.794 bits per heavy atom. The maximum atomic E-state index is 13.5. The summed E-state index contributed by atoms with van der Waals surface area (Å²) in [6.07, 6.45) is 0. The van der Waals surface area contributed by atoms with Gasteiger partial charge < -0.3 is 5.32 Å². The summed E-state index contributed by atoms with van der Waals surface area (Å²) < 4.78 is 2.91. The van der Waals surface area contributed by atoms with E-state index < -0.39 is 0 Å². The second-order valence-corrected chi connectivity index (χ2v) is 9.66. The Morgan fingerprint density at radius 3 is 1.97 bits per heavy atom. The molecule has 6 nitrogen and oxygen atoms in total. The highest BCUT2D eigenvalue weighted by molar-refractivity contribution is 5.94. The monoisotopic (exact) mass is 455 g/mol. The van der Waals surface area contributed by atoms with Gasteiger partial charge >= 0.3 is 5.69 Å². The maximum Gasteiger partial charge on any atom is 0.332 e. The van der Waals surface area contributed by atoms with Gasteiger partial charge in [0.2, 0.25) is 0 Å². The third-order valence-corrected chi connectivity index (χ3v) is 5.64. The minimum Gasteiger partial charge on any atom is -0.347 e. The normalized spacial score (nSPS) is 11.5. The summed E-state index contributed by atoms with van der Waals surface area (Å²) in [5.41, 5.74) is 3.02. The second kappa shape index (κ2) is 9.14. The number of carbonyl (C=O) groups excluding carboxylic acids is 1. The third kappa shape index (κ3) is 5.01. The van der Waals surface area contributed by atoms with Gasteiger partial charge in [-0.1, -0.05) is 54.1 Å². The molecule has 0 fully saturated rings. The van der Waals surface area contributed by atoms with Crippen LogP contribution in [0.25, 0.3) is 10.9 Å². The fourth-order valence-electron chi connectivity index (χ4n) is 3.90. The molecule has 1 amide bonds. The molecule has 0 atom stereocenters. The first kappa shape index (κ1) is 23.2. The number of amides is 1. The lowest BCUT2D eigenvalue weighted by Gasteiger charge is -2.20. The van der Waals surface area contributed by atoms with Crippen LogP contribution in [0.15, 0.2) is 82.4 Å². The van der Waals surface area contributed by atoms with Crippen LogP contribution < -0.4 is 16.6 Å². The molecule has 4 aromatic rings. The van der Waals surface area contributed by atoms with Gasteiger partial charge in [0.25, 0.3) is 11.5 Å². The summed E-state index contributed by atoms with van der Waals surface area (Å²) in [6, 6.07) is 22.2. The number of benzene rings is 3. The van der Waals surface area contributed by atoms with Crippen molar-refractivity contribution < 1.29 is 4.79 Å². The van der Waals surface area contributed by atoms with Crippen molar-refractivity contribution in [2.24, 2.45) is 0 Å². The highest BCUT2D eigenvalue weighted by Crippen LogP contribution is 2.13. The minimum atomic E-state index is -0.362. The molecule has 1 N–H and O–H groups in total. The zero-order valence-corrected chi connectivity index (χ0v) is 20.0. The largest absolute Gasteiger partial charge is 0.347 e. The van der Waals surface area contributed by atoms with Gasteiger partial charge in [0.15, 0.2) is 0 Å². The van der Waals surface area contributed by atoms with Crippen LogP contribution in [0.2, 0.25) is 0 Å². The summed E-state index contributed by atoms with van der Waals surface area (Å²) >= 11 is 0. The standard InChI is InChI=1S/C28H29N3O3/c1-19-9-11-20(12-10-19)17-30-24-8-6-5-7-23(24)26(33)31(27(30)34)18-21-13-15-22(16-14-21)25(32)29-28(2,3)4/h5-16H,17-18H2,1-4H3,(H,29,32). The maximum absolute atomic E-state index is 13.5. The van der Waals surface area contributed by atoms with Crippen LogP contribution in [-0.4, -0.2) is 20.6 Å². The molecule has 3 aromatic carbocycles. The summed E-state index contributed by atoms with van der Waals surface area (Å²) in [5.74, 6) is -0.164. The number of nitrogens with zero attached hydrogens (tertiary/aromatic N) is 2. The van der Waals surface area contributed by atoms with Gasteiger partial charge in [0, 0.05) is 11.1 Å². The molecule has 0 aliphatic rings. The fourth-order valence-corrected chi connectivity index (χ4v) is 3.90. The van der Waals surface area contributed by atoms with Gasteiger partial charge in [-0.15, -0.1) is 0 Å². The SMILES string of the molecule is Cc1ccc(Cn2c(=O)n(Cc3ccc(C(=O)NC(C)(C)C)cc3)c(=O)c3ccccc32)cc1. The van der Waals surface area contributed by atoms with Crippen molar-refractivity contribution in [1.82, 2.24) is 14.5 Å². The van der Waals surface area contributed by atoms with Crippen LogP contribution in [0.1, 0.15) is 47.8 Å². The average Bonchev–Trinajstić information content (AvgIpc) is 2.80. The molecule has 0 saturated carbocycles. The van der Waals surface area contributed by atoms with E-state index in [1.54, 1.807) is 47.0 Å². The van der Waals surface area contributed by atoms with Crippen molar-refractivity contribution in [2.45, 2.75) is 46.3 Å². The first-order valence-electron chi connectivity index (χ1n) is 11.3. The van der Waals surface area contributed by atoms with Crippen molar-refractivity contribution >= 4 is 16.8 Å². The zero-order chi connectivity index (χ0) is 24.5. The summed E-state index contributed by atoms with van der Waals surface area (Å²) in [6.45, 7) is 8.28. The number of fused-ring (bicyclic) bond motifs is 1. The van der Waals surface area contributed by atoms with Gasteiger partial charge in [-0.05, 0) is 63.1 Å². The van der Waals surface area contributed by atoms with Crippen LogP contribution in [0, 0.1) is 6.92 Å². The molecule has 0 radical (unpaired) electrons. The molecule has 0 aliphatic carbocycles. The molecule has 0 unspecified atom stereocenters. The van der Waals surface area contributed by atoms with Crippen molar-refractivity contribution in [3.05, 3.63) is 116 Å². The van der Waals surface area contributed by atoms with Gasteiger partial charge in [0.1, 0.15) is 0 Å². The Kier molecular flexibility index (Phi) is 6.24. The van der Waals surface area contributed by atoms with Gasteiger partial charge in [-0.2, -0.15) is 0 Å². The smallest absolute Gasteiger partial charge is 0.332 e. The molecule has 0 aliphatic heterocycles. The average molecular weight is 456 g/mol. The quantitative estimate of drug-likeness (QED) is 0.493. The Morgan fingerprint density at radius 2 is 1.35 bits per heavy atom. The second-order valence-electron chi connectivity index (χ2n) is 9.66. The van der Waals surface area contributed by atoms with Gasteiger partial charge in [-0.25, -0.2) is 4.79 Å². The molecule has 174 valence electrons. The van der Waals surface area contributed by atoms with Crippen LogP contribution in [0.3, 0.4) is 0 Å². The van der Waals surface area contributed by atoms with Crippen LogP contribution in [-0.2, 0) is 13.1 Å². The van der Waals surface area contributed by atoms with Crippen molar-refractivity contribution in [3.63, 3.8) is 0 Å². The van der Waals surface area contributed by atoms with Crippen molar-refractivity contribution in [3.8, 4) is 0 Å². The van der Waals surface area contributed by atoms with Crippen molar-refractivity contribution in [1.29, 1.82) is 0 Å². The van der Waals surface area contributed by atoms with E-state index in [9.17, 15) is 14.4 Å². The number of hydrogen-bond acceptors (Lipinski definition) is 3. The molecular weight excluding hydrogens is 426 g/mol. The van der Waals surface area contributed by atoms with E-state index in [-0.39, 0.29) is 29.2 Å². The van der Waals surface area contributed by atoms with E-state index in [4.69, 9.17) is 0 Å². The van der Waals surface area contributed by atoms with E-state index in [0.717, 1.165) is 16.7 Å². The summed E-state index contributed by atoms with van der Waals surface area (Å²) in [7, 11) is 0. The molecule has 1 aromatic heterocycles. The van der Waals surface area contributed by atoms with E-state index in [2.05, 4.69) is 5.32 Å². The van der Waals surface area contributed by atoms with Gasteiger partial charge in [-0.3, -0.25) is 18.7 Å². The molecular formula is C28H29N3O3. The highest BCUT2D eigenvalue weighted by Gasteiger charge is 2.16. The number of aromatic nitrogens is 2. The predicted octanol–water partition coefficient (Wildman–Crippen LogP) is 4.10. The lowest BCUT2D eigenvalue weighted by molar-refractivity contribution is 0.0919. The number of aryl methyl sites for hydroxylation is 1. The van der Waals surface area contributed by atoms with Crippen LogP contribution in [0.4, 0.5) is 0 Å². The number of para-hydroxylation sites is 1. The predicted molar refractivity (Wildman–Crippen MR) is 136 cm³/mol. The minimum absolute atomic E-state index is 0.123. The molecule has 34 heavy (non-hydrogen) atoms. The highest BCUT2D eigenvalue weighted by atomic mass is 16.2. The molecule has 6 heteroatoms. The first-order chi connectivity index (χ1) is 16.1. The molecule has 0 bridgehead atoms. The van der Waals surface area contributed by atoms with E-state index >= 15 is 0 Å². The zero-order valence-electron chi connectivity index (χ0n) is 20.0. The van der Waals surface area contributed by atoms with E-state index in [1.807, 2.05) is 58.0 Å². The fraction of sp³-hybridized carbons (Fsp3) is 0.250. The first-order valence-corrected chi connectivity index (χ1v) is 11.3. The number of rotatable bonds is 5.